The maximum Gasteiger partial charge on any atom is 0.276 e. The third-order valence-corrected chi connectivity index (χ3v) is 9.80. The van der Waals surface area contributed by atoms with Gasteiger partial charge in [-0.25, -0.2) is 14.4 Å². The maximum absolute atomic E-state index is 14.1. The van der Waals surface area contributed by atoms with E-state index in [0.29, 0.717) is 61.1 Å². The Bertz CT molecular complexity index is 2090. The molecule has 236 valence electrons. The van der Waals surface area contributed by atoms with E-state index in [-0.39, 0.29) is 13.1 Å². The molecule has 3 heterocycles. The van der Waals surface area contributed by atoms with Crippen LogP contribution in [0.15, 0.2) is 83.6 Å². The van der Waals surface area contributed by atoms with Gasteiger partial charge >= 0.3 is 0 Å². The second-order valence-electron chi connectivity index (χ2n) is 10.9. The zero-order chi connectivity index (χ0) is 32.8. The predicted molar refractivity (Wildman–Crippen MR) is 183 cm³/mol. The lowest BCUT2D eigenvalue weighted by atomic mass is 9.95. The molecule has 2 amide bonds. The Morgan fingerprint density at radius 3 is 1.72 bits per heavy atom. The molecule has 6 aromatic rings. The highest BCUT2D eigenvalue weighted by Crippen LogP contribution is 2.35. The van der Waals surface area contributed by atoms with Gasteiger partial charge < -0.3 is 0 Å². The molecule has 4 aromatic carbocycles. The van der Waals surface area contributed by atoms with Gasteiger partial charge in [0.05, 0.1) is 81.2 Å². The number of aromatic nitrogens is 6. The number of amides is 2. The first-order valence-electron chi connectivity index (χ1n) is 14.2. The van der Waals surface area contributed by atoms with Gasteiger partial charge in [-0.2, -0.15) is 5.01 Å². The molecule has 0 fully saturated rings. The fourth-order valence-electron chi connectivity index (χ4n) is 5.50. The monoisotopic (exact) mass is 768 g/mol. The molecular formula is C32H21BrCl4N8O2. The number of imide groups is 1. The van der Waals surface area contributed by atoms with Crippen molar-refractivity contribution in [1.82, 2.24) is 40.0 Å². The SMILES string of the molecule is O=C1c2cccc3c(Br)ccc(c23)C(=O)N1N(Cc1cn(Cc2ccc(Cl)c(Cl)c2)nn1)Cc1cn(Cc2ccc(Cl)c(Cl)c2)nn1. The Hall–Kier alpha value is -3.84. The molecule has 0 saturated carbocycles. The van der Waals surface area contributed by atoms with Crippen molar-refractivity contribution >= 4 is 84.9 Å². The summed E-state index contributed by atoms with van der Waals surface area (Å²) in [5.74, 6) is -0.921. The lowest BCUT2D eigenvalue weighted by Crippen LogP contribution is -2.51. The van der Waals surface area contributed by atoms with Gasteiger partial charge in [0.1, 0.15) is 0 Å². The Morgan fingerprint density at radius 2 is 1.19 bits per heavy atom. The number of halogens is 5. The van der Waals surface area contributed by atoms with Crippen LogP contribution in [-0.4, -0.2) is 51.8 Å². The van der Waals surface area contributed by atoms with Crippen molar-refractivity contribution in [3.05, 3.63) is 137 Å². The van der Waals surface area contributed by atoms with Crippen LogP contribution < -0.4 is 0 Å². The van der Waals surface area contributed by atoms with Crippen molar-refractivity contribution in [3.63, 3.8) is 0 Å². The van der Waals surface area contributed by atoms with Crippen molar-refractivity contribution in [2.45, 2.75) is 26.2 Å². The van der Waals surface area contributed by atoms with E-state index in [9.17, 15) is 9.59 Å². The van der Waals surface area contributed by atoms with Crippen LogP contribution in [0.3, 0.4) is 0 Å². The Balaban J connectivity index is 1.20. The molecule has 1 aliphatic rings. The highest BCUT2D eigenvalue weighted by molar-refractivity contribution is 9.10. The molecule has 0 spiro atoms. The van der Waals surface area contributed by atoms with Crippen LogP contribution in [0, 0.1) is 0 Å². The van der Waals surface area contributed by atoms with Crippen molar-refractivity contribution in [3.8, 4) is 0 Å². The molecule has 15 heteroatoms. The first-order chi connectivity index (χ1) is 22.6. The van der Waals surface area contributed by atoms with Gasteiger partial charge in [0.15, 0.2) is 0 Å². The lowest BCUT2D eigenvalue weighted by molar-refractivity contribution is -0.0130. The van der Waals surface area contributed by atoms with Gasteiger partial charge in [0, 0.05) is 9.86 Å². The van der Waals surface area contributed by atoms with Crippen molar-refractivity contribution < 1.29 is 9.59 Å². The number of nitrogens with zero attached hydrogens (tertiary/aromatic N) is 8. The van der Waals surface area contributed by atoms with Crippen molar-refractivity contribution in [2.75, 3.05) is 0 Å². The fraction of sp³-hybridized carbons (Fsp3) is 0.125. The van der Waals surface area contributed by atoms with Crippen LogP contribution >= 0.6 is 62.3 Å². The van der Waals surface area contributed by atoms with Gasteiger partial charge in [0.2, 0.25) is 0 Å². The summed E-state index contributed by atoms with van der Waals surface area (Å²) in [5, 5.41) is 23.2. The van der Waals surface area contributed by atoms with Crippen LogP contribution in [0.25, 0.3) is 10.8 Å². The molecule has 0 bridgehead atoms. The lowest BCUT2D eigenvalue weighted by Gasteiger charge is -2.35. The molecule has 7 rings (SSSR count). The van der Waals surface area contributed by atoms with E-state index in [1.807, 2.05) is 18.2 Å². The minimum atomic E-state index is -0.461. The summed E-state index contributed by atoms with van der Waals surface area (Å²) < 4.78 is 4.09. The molecule has 0 unspecified atom stereocenters. The van der Waals surface area contributed by atoms with Crippen molar-refractivity contribution in [2.24, 2.45) is 0 Å². The van der Waals surface area contributed by atoms with Gasteiger partial charge in [-0.1, -0.05) is 97.0 Å². The van der Waals surface area contributed by atoms with E-state index in [0.717, 1.165) is 26.0 Å². The van der Waals surface area contributed by atoms with Crippen LogP contribution in [0.2, 0.25) is 20.1 Å². The molecule has 2 aromatic heterocycles. The van der Waals surface area contributed by atoms with Gasteiger partial charge in [0.25, 0.3) is 11.8 Å². The number of carbonyl (C=O) groups is 2. The Kier molecular flexibility index (Phi) is 8.77. The summed E-state index contributed by atoms with van der Waals surface area (Å²) in [6, 6.07) is 19.6. The fourth-order valence-corrected chi connectivity index (χ4v) is 6.61. The third-order valence-electron chi connectivity index (χ3n) is 7.63. The first kappa shape index (κ1) is 31.7. The van der Waals surface area contributed by atoms with Crippen LogP contribution in [-0.2, 0) is 26.2 Å². The minimum absolute atomic E-state index is 0.0698. The largest absolute Gasteiger partial charge is 0.276 e. The topological polar surface area (TPSA) is 102 Å². The number of benzene rings is 4. The standard InChI is InChI=1S/C32H21BrCl4N8O2/c33-25-7-6-24-30-22(25)2-1-3-23(30)31(46)45(32(24)47)44(16-20-14-42(40-38-20)12-18-4-8-26(34)28(36)10-18)17-21-15-43(41-39-21)13-19-5-9-27(35)29(37)11-19/h1-11,14-15H,12-13,16-17H2. The number of hydrazine groups is 1. The summed E-state index contributed by atoms with van der Waals surface area (Å²) in [7, 11) is 0. The second-order valence-corrected chi connectivity index (χ2v) is 13.4. The third kappa shape index (κ3) is 6.39. The Labute approximate surface area is 296 Å². The van der Waals surface area contributed by atoms with E-state index >= 15 is 0 Å². The quantitative estimate of drug-likeness (QED) is 0.139. The average molecular weight is 771 g/mol. The highest BCUT2D eigenvalue weighted by atomic mass is 79.9. The van der Waals surface area contributed by atoms with E-state index in [1.165, 1.54) is 0 Å². The maximum atomic E-state index is 14.1. The molecule has 0 atom stereocenters. The Morgan fingerprint density at radius 1 is 0.660 bits per heavy atom. The number of rotatable bonds is 9. The van der Waals surface area contributed by atoms with Crippen LogP contribution in [0.1, 0.15) is 43.2 Å². The molecule has 1 aliphatic heterocycles. The summed E-state index contributed by atoms with van der Waals surface area (Å²) in [5.41, 5.74) is 3.62. The molecule has 10 nitrogen and oxygen atoms in total. The molecule has 47 heavy (non-hydrogen) atoms. The summed E-state index contributed by atoms with van der Waals surface area (Å²) in [4.78, 5) is 28.2. The first-order valence-corrected chi connectivity index (χ1v) is 16.5. The van der Waals surface area contributed by atoms with E-state index < -0.39 is 11.8 Å². The molecule has 0 radical (unpaired) electrons. The van der Waals surface area contributed by atoms with Gasteiger partial charge in [-0.05, 0) is 59.0 Å². The molecule has 0 N–H and O–H groups in total. The number of hydrogen-bond acceptors (Lipinski definition) is 7. The van der Waals surface area contributed by atoms with E-state index in [1.54, 1.807) is 75.3 Å². The normalized spacial score (nSPS) is 12.9. The van der Waals surface area contributed by atoms with Crippen LogP contribution in [0.4, 0.5) is 0 Å². The smallest absolute Gasteiger partial charge is 0.267 e. The zero-order valence-corrected chi connectivity index (χ0v) is 28.7. The van der Waals surface area contributed by atoms with Crippen molar-refractivity contribution in [1.29, 1.82) is 0 Å². The van der Waals surface area contributed by atoms with E-state index in [2.05, 4.69) is 36.6 Å². The minimum Gasteiger partial charge on any atom is -0.267 e. The highest BCUT2D eigenvalue weighted by Gasteiger charge is 2.38. The number of carbonyl (C=O) groups excluding carboxylic acids is 2. The summed E-state index contributed by atoms with van der Waals surface area (Å²) in [6.07, 6.45) is 3.50. The second kappa shape index (κ2) is 13.0. The number of hydrogen-bond donors (Lipinski definition) is 0. The average Bonchev–Trinajstić information content (AvgIpc) is 3.69. The molecular weight excluding hydrogens is 750 g/mol. The zero-order valence-electron chi connectivity index (χ0n) is 24.1. The molecule has 0 saturated heterocycles. The van der Waals surface area contributed by atoms with E-state index in [4.69, 9.17) is 46.4 Å². The molecule has 0 aliphatic carbocycles. The predicted octanol–water partition coefficient (Wildman–Crippen LogP) is 7.71. The summed E-state index contributed by atoms with van der Waals surface area (Å²) >= 11 is 28.1. The van der Waals surface area contributed by atoms with Gasteiger partial charge in [-0.3, -0.25) is 9.59 Å². The van der Waals surface area contributed by atoms with Crippen LogP contribution in [0.5, 0.6) is 0 Å². The summed E-state index contributed by atoms with van der Waals surface area (Å²) in [6.45, 7) is 0.915. The van der Waals surface area contributed by atoms with Gasteiger partial charge in [-0.15, -0.1) is 10.2 Å².